The molecule has 96 valence electrons. The molecule has 0 unspecified atom stereocenters. The van der Waals surface area contributed by atoms with E-state index >= 15 is 0 Å². The van der Waals surface area contributed by atoms with Gasteiger partial charge in [0.05, 0.1) is 5.56 Å². The van der Waals surface area contributed by atoms with Crippen LogP contribution >= 0.6 is 39.1 Å². The molecule has 2 aromatic carbocycles. The Kier molecular flexibility index (Phi) is 4.71. The highest BCUT2D eigenvalue weighted by atomic mass is 79.9. The summed E-state index contributed by atoms with van der Waals surface area (Å²) in [5.41, 5.74) is 1.29. The lowest BCUT2D eigenvalue weighted by atomic mass is 10.2. The highest BCUT2D eigenvalue weighted by molar-refractivity contribution is 9.10. The third-order valence-corrected chi connectivity index (χ3v) is 3.54. The van der Waals surface area contributed by atoms with E-state index in [1.807, 2.05) is 6.07 Å². The Morgan fingerprint density at radius 3 is 2.63 bits per heavy atom. The molecule has 0 amide bonds. The van der Waals surface area contributed by atoms with E-state index in [-0.39, 0.29) is 6.61 Å². The quantitative estimate of drug-likeness (QED) is 0.756. The molecule has 2 aromatic rings. The maximum absolute atomic E-state index is 9.04. The average Bonchev–Trinajstić information content (AvgIpc) is 2.39. The first-order valence-corrected chi connectivity index (χ1v) is 6.91. The number of nitrogens with zero attached hydrogens (tertiary/aromatic N) is 1. The predicted octanol–water partition coefficient (Wildman–Crippen LogP) is 5.21. The largest absolute Gasteiger partial charge is 0.487 e. The van der Waals surface area contributed by atoms with Crippen molar-refractivity contribution in [2.45, 2.75) is 6.61 Å². The SMILES string of the molecule is N#Cc1cc(Br)ccc1OCc1ccc(Cl)cc1Cl. The van der Waals surface area contributed by atoms with Crippen LogP contribution in [-0.4, -0.2) is 0 Å². The number of hydrogen-bond acceptors (Lipinski definition) is 2. The number of nitriles is 1. The van der Waals surface area contributed by atoms with E-state index in [2.05, 4.69) is 22.0 Å². The maximum atomic E-state index is 9.04. The highest BCUT2D eigenvalue weighted by Crippen LogP contribution is 2.26. The number of rotatable bonds is 3. The van der Waals surface area contributed by atoms with Crippen LogP contribution < -0.4 is 4.74 Å². The van der Waals surface area contributed by atoms with Crippen LogP contribution in [0.3, 0.4) is 0 Å². The van der Waals surface area contributed by atoms with Gasteiger partial charge in [-0.15, -0.1) is 0 Å². The molecule has 0 aliphatic carbocycles. The van der Waals surface area contributed by atoms with Crippen LogP contribution in [-0.2, 0) is 6.61 Å². The average molecular weight is 357 g/mol. The lowest BCUT2D eigenvalue weighted by molar-refractivity contribution is 0.305. The third-order valence-electron chi connectivity index (χ3n) is 2.46. The second-order valence-corrected chi connectivity index (χ2v) is 5.54. The molecule has 0 saturated carbocycles. The van der Waals surface area contributed by atoms with E-state index in [1.54, 1.807) is 30.3 Å². The predicted molar refractivity (Wildman–Crippen MR) is 79.7 cm³/mol. The second kappa shape index (κ2) is 6.29. The van der Waals surface area contributed by atoms with Crippen molar-refractivity contribution < 1.29 is 4.74 Å². The number of halogens is 3. The Morgan fingerprint density at radius 1 is 1.16 bits per heavy atom. The lowest BCUT2D eigenvalue weighted by Gasteiger charge is -2.09. The minimum atomic E-state index is 0.284. The summed E-state index contributed by atoms with van der Waals surface area (Å²) in [6.45, 7) is 0.284. The van der Waals surface area contributed by atoms with Crippen molar-refractivity contribution in [1.29, 1.82) is 5.26 Å². The summed E-state index contributed by atoms with van der Waals surface area (Å²) in [6, 6.07) is 12.6. The van der Waals surface area contributed by atoms with Gasteiger partial charge in [-0.25, -0.2) is 0 Å². The smallest absolute Gasteiger partial charge is 0.137 e. The first-order chi connectivity index (χ1) is 9.10. The van der Waals surface area contributed by atoms with Gasteiger partial charge in [-0.1, -0.05) is 45.2 Å². The van der Waals surface area contributed by atoms with E-state index in [1.165, 1.54) is 0 Å². The lowest BCUT2D eigenvalue weighted by Crippen LogP contribution is -1.98. The minimum absolute atomic E-state index is 0.284. The number of hydrogen-bond donors (Lipinski definition) is 0. The molecule has 0 aromatic heterocycles. The fourth-order valence-electron chi connectivity index (χ4n) is 1.51. The zero-order valence-electron chi connectivity index (χ0n) is 9.66. The van der Waals surface area contributed by atoms with Gasteiger partial charge in [0.25, 0.3) is 0 Å². The summed E-state index contributed by atoms with van der Waals surface area (Å²) in [5, 5.41) is 10.2. The molecule has 0 aliphatic rings. The molecule has 0 N–H and O–H groups in total. The van der Waals surface area contributed by atoms with E-state index in [0.717, 1.165) is 10.0 Å². The maximum Gasteiger partial charge on any atom is 0.137 e. The van der Waals surface area contributed by atoms with Gasteiger partial charge >= 0.3 is 0 Å². The first-order valence-electron chi connectivity index (χ1n) is 5.36. The second-order valence-electron chi connectivity index (χ2n) is 3.78. The zero-order valence-corrected chi connectivity index (χ0v) is 12.8. The van der Waals surface area contributed by atoms with Crippen molar-refractivity contribution >= 4 is 39.1 Å². The molecule has 0 aliphatic heterocycles. The van der Waals surface area contributed by atoms with Crippen molar-refractivity contribution in [3.8, 4) is 11.8 Å². The van der Waals surface area contributed by atoms with Crippen LogP contribution in [0.2, 0.25) is 10.0 Å². The van der Waals surface area contributed by atoms with Gasteiger partial charge in [0, 0.05) is 20.1 Å². The van der Waals surface area contributed by atoms with Crippen molar-refractivity contribution in [3.63, 3.8) is 0 Å². The fraction of sp³-hybridized carbons (Fsp3) is 0.0714. The number of ether oxygens (including phenoxy) is 1. The molecule has 0 fully saturated rings. The van der Waals surface area contributed by atoms with Crippen molar-refractivity contribution in [1.82, 2.24) is 0 Å². The monoisotopic (exact) mass is 355 g/mol. The van der Waals surface area contributed by atoms with E-state index < -0.39 is 0 Å². The molecule has 2 nitrogen and oxygen atoms in total. The molecule has 0 spiro atoms. The summed E-state index contributed by atoms with van der Waals surface area (Å²) < 4.78 is 6.45. The Morgan fingerprint density at radius 2 is 1.95 bits per heavy atom. The van der Waals surface area contributed by atoms with Gasteiger partial charge in [0.15, 0.2) is 0 Å². The molecule has 19 heavy (non-hydrogen) atoms. The van der Waals surface area contributed by atoms with Crippen LogP contribution in [0.5, 0.6) is 5.75 Å². The zero-order chi connectivity index (χ0) is 13.8. The van der Waals surface area contributed by atoms with Gasteiger partial charge in [-0.05, 0) is 30.3 Å². The summed E-state index contributed by atoms with van der Waals surface area (Å²) in [6.07, 6.45) is 0. The third kappa shape index (κ3) is 3.63. The summed E-state index contributed by atoms with van der Waals surface area (Å²) in [5.74, 6) is 0.525. The van der Waals surface area contributed by atoms with Gasteiger partial charge in [-0.2, -0.15) is 5.26 Å². The van der Waals surface area contributed by atoms with Crippen LogP contribution in [0.1, 0.15) is 11.1 Å². The minimum Gasteiger partial charge on any atom is -0.487 e. The van der Waals surface area contributed by atoms with Crippen molar-refractivity contribution in [3.05, 3.63) is 62.0 Å². The van der Waals surface area contributed by atoms with Gasteiger partial charge in [0.2, 0.25) is 0 Å². The normalized spacial score (nSPS) is 10.0. The molecule has 0 radical (unpaired) electrons. The summed E-state index contributed by atoms with van der Waals surface area (Å²) in [4.78, 5) is 0. The Labute approximate surface area is 129 Å². The molecular formula is C14H8BrCl2NO. The van der Waals surface area contributed by atoms with Gasteiger partial charge in [-0.3, -0.25) is 0 Å². The fourth-order valence-corrected chi connectivity index (χ4v) is 2.33. The van der Waals surface area contributed by atoms with Gasteiger partial charge in [0.1, 0.15) is 18.4 Å². The summed E-state index contributed by atoms with van der Waals surface area (Å²) >= 11 is 15.2. The van der Waals surface area contributed by atoms with Gasteiger partial charge < -0.3 is 4.74 Å². The molecular weight excluding hydrogens is 349 g/mol. The highest BCUT2D eigenvalue weighted by Gasteiger charge is 2.06. The Bertz CT molecular complexity index is 652. The van der Waals surface area contributed by atoms with Crippen LogP contribution in [0.15, 0.2) is 40.9 Å². The van der Waals surface area contributed by atoms with E-state index in [0.29, 0.717) is 21.4 Å². The van der Waals surface area contributed by atoms with Crippen molar-refractivity contribution in [2.24, 2.45) is 0 Å². The molecule has 0 bridgehead atoms. The Hall–Kier alpha value is -1.21. The topological polar surface area (TPSA) is 33.0 Å². The molecule has 0 saturated heterocycles. The van der Waals surface area contributed by atoms with Crippen molar-refractivity contribution in [2.75, 3.05) is 0 Å². The standard InChI is InChI=1S/C14H8BrCl2NO/c15-11-2-4-14(10(5-11)7-18)19-8-9-1-3-12(16)6-13(9)17/h1-6H,8H2. The van der Waals surface area contributed by atoms with E-state index in [9.17, 15) is 0 Å². The summed E-state index contributed by atoms with van der Waals surface area (Å²) in [7, 11) is 0. The van der Waals surface area contributed by atoms with Crippen LogP contribution in [0.4, 0.5) is 0 Å². The Balaban J connectivity index is 2.17. The van der Waals surface area contributed by atoms with E-state index in [4.69, 9.17) is 33.2 Å². The molecule has 0 heterocycles. The molecule has 0 atom stereocenters. The number of benzene rings is 2. The van der Waals surface area contributed by atoms with Crippen LogP contribution in [0, 0.1) is 11.3 Å². The first kappa shape index (κ1) is 14.2. The molecule has 2 rings (SSSR count). The van der Waals surface area contributed by atoms with Crippen LogP contribution in [0.25, 0.3) is 0 Å². The molecule has 5 heteroatoms.